The lowest BCUT2D eigenvalue weighted by atomic mass is 10.2. The summed E-state index contributed by atoms with van der Waals surface area (Å²) in [6, 6.07) is 6.57. The zero-order valence-electron chi connectivity index (χ0n) is 11.2. The number of pyridine rings is 1. The predicted octanol–water partition coefficient (Wildman–Crippen LogP) is 2.42. The van der Waals surface area contributed by atoms with Gasteiger partial charge in [-0.1, -0.05) is 11.8 Å². The Labute approximate surface area is 117 Å². The second kappa shape index (κ2) is 6.69. The number of ether oxygens (including phenoxy) is 1. The Morgan fingerprint density at radius 2 is 2.15 bits per heavy atom. The van der Waals surface area contributed by atoms with Gasteiger partial charge in [-0.25, -0.2) is 4.39 Å². The molecule has 3 nitrogen and oxygen atoms in total. The van der Waals surface area contributed by atoms with Gasteiger partial charge in [-0.3, -0.25) is 4.98 Å². The molecule has 0 fully saturated rings. The van der Waals surface area contributed by atoms with Crippen LogP contribution >= 0.6 is 0 Å². The van der Waals surface area contributed by atoms with E-state index in [1.54, 1.807) is 24.5 Å². The van der Waals surface area contributed by atoms with Gasteiger partial charge >= 0.3 is 0 Å². The summed E-state index contributed by atoms with van der Waals surface area (Å²) in [5, 5.41) is 0. The lowest BCUT2D eigenvalue weighted by Crippen LogP contribution is -1.98. The van der Waals surface area contributed by atoms with Gasteiger partial charge in [0.2, 0.25) is 0 Å². The van der Waals surface area contributed by atoms with Crippen LogP contribution in [0.1, 0.15) is 16.7 Å². The quantitative estimate of drug-likeness (QED) is 0.871. The van der Waals surface area contributed by atoms with E-state index in [1.807, 2.05) is 13.0 Å². The topological polar surface area (TPSA) is 48.1 Å². The minimum Gasteiger partial charge on any atom is -0.489 e. The second-order valence-electron chi connectivity index (χ2n) is 4.31. The molecule has 1 aromatic carbocycles. The van der Waals surface area contributed by atoms with Gasteiger partial charge in [-0.05, 0) is 30.7 Å². The van der Waals surface area contributed by atoms with Crippen molar-refractivity contribution in [2.24, 2.45) is 5.73 Å². The van der Waals surface area contributed by atoms with E-state index >= 15 is 0 Å². The van der Waals surface area contributed by atoms with Crippen LogP contribution in [0.3, 0.4) is 0 Å². The highest BCUT2D eigenvalue weighted by atomic mass is 19.1. The zero-order valence-corrected chi connectivity index (χ0v) is 11.2. The molecule has 102 valence electrons. The first kappa shape index (κ1) is 14.0. The van der Waals surface area contributed by atoms with Crippen LogP contribution in [0.5, 0.6) is 5.75 Å². The van der Waals surface area contributed by atoms with Gasteiger partial charge in [0.05, 0.1) is 12.1 Å². The fourth-order valence-corrected chi connectivity index (χ4v) is 1.70. The number of benzene rings is 1. The molecule has 0 aliphatic heterocycles. The fraction of sp³-hybridized carbons (Fsp3) is 0.188. The molecule has 1 heterocycles. The highest BCUT2D eigenvalue weighted by Crippen LogP contribution is 2.17. The van der Waals surface area contributed by atoms with E-state index in [4.69, 9.17) is 10.5 Å². The standard InChI is InChI=1S/C16H15FN2O/c1-12-7-13(10-19-9-12)11-20-15-5-4-14(3-2-6-18)16(17)8-15/h4-5,7-10H,6,11,18H2,1H3. The molecule has 0 bridgehead atoms. The van der Waals surface area contributed by atoms with Gasteiger partial charge in [0.15, 0.2) is 0 Å². The molecule has 4 heteroatoms. The molecule has 0 saturated heterocycles. The van der Waals surface area contributed by atoms with E-state index in [9.17, 15) is 4.39 Å². The molecule has 0 atom stereocenters. The van der Waals surface area contributed by atoms with E-state index in [0.29, 0.717) is 17.9 Å². The van der Waals surface area contributed by atoms with Gasteiger partial charge in [0.25, 0.3) is 0 Å². The Bertz CT molecular complexity index is 659. The predicted molar refractivity (Wildman–Crippen MR) is 75.6 cm³/mol. The van der Waals surface area contributed by atoms with Crippen LogP contribution in [-0.4, -0.2) is 11.5 Å². The third-order valence-electron chi connectivity index (χ3n) is 2.60. The third kappa shape index (κ3) is 3.81. The maximum Gasteiger partial charge on any atom is 0.142 e. The van der Waals surface area contributed by atoms with Crippen LogP contribution in [0.25, 0.3) is 0 Å². The molecule has 0 spiro atoms. The van der Waals surface area contributed by atoms with Crippen molar-refractivity contribution in [2.45, 2.75) is 13.5 Å². The van der Waals surface area contributed by atoms with Crippen LogP contribution in [0.15, 0.2) is 36.7 Å². The van der Waals surface area contributed by atoms with E-state index in [2.05, 4.69) is 16.8 Å². The summed E-state index contributed by atoms with van der Waals surface area (Å²) in [4.78, 5) is 4.08. The largest absolute Gasteiger partial charge is 0.489 e. The number of aromatic nitrogens is 1. The lowest BCUT2D eigenvalue weighted by molar-refractivity contribution is 0.304. The Hall–Kier alpha value is -2.38. The Kier molecular flexibility index (Phi) is 4.70. The molecule has 0 amide bonds. The maximum atomic E-state index is 13.7. The summed E-state index contributed by atoms with van der Waals surface area (Å²) in [5.74, 6) is 5.33. The van der Waals surface area contributed by atoms with Gasteiger partial charge < -0.3 is 10.5 Å². The SMILES string of the molecule is Cc1cncc(COc2ccc(C#CCN)c(F)c2)c1. The number of hydrogen-bond donors (Lipinski definition) is 1. The minimum atomic E-state index is -0.411. The molecule has 2 rings (SSSR count). The molecule has 0 saturated carbocycles. The van der Waals surface area contributed by atoms with Gasteiger partial charge in [-0.15, -0.1) is 0 Å². The molecule has 20 heavy (non-hydrogen) atoms. The molecule has 2 aromatic rings. The van der Waals surface area contributed by atoms with Crippen LogP contribution in [0, 0.1) is 24.6 Å². The van der Waals surface area contributed by atoms with E-state index < -0.39 is 5.82 Å². The lowest BCUT2D eigenvalue weighted by Gasteiger charge is -2.07. The van der Waals surface area contributed by atoms with Crippen LogP contribution < -0.4 is 10.5 Å². The summed E-state index contributed by atoms with van der Waals surface area (Å²) < 4.78 is 19.3. The summed E-state index contributed by atoms with van der Waals surface area (Å²) in [5.41, 5.74) is 7.58. The van der Waals surface area contributed by atoms with Crippen molar-refractivity contribution in [1.29, 1.82) is 0 Å². The van der Waals surface area contributed by atoms with Crippen molar-refractivity contribution in [3.8, 4) is 17.6 Å². The van der Waals surface area contributed by atoms with E-state index in [-0.39, 0.29) is 6.54 Å². The molecule has 0 aliphatic rings. The molecule has 2 N–H and O–H groups in total. The normalized spacial score (nSPS) is 9.75. The number of aryl methyl sites for hydroxylation is 1. The molecular weight excluding hydrogens is 255 g/mol. The van der Waals surface area contributed by atoms with Gasteiger partial charge in [0.1, 0.15) is 18.2 Å². The van der Waals surface area contributed by atoms with E-state index in [0.717, 1.165) is 11.1 Å². The Morgan fingerprint density at radius 1 is 1.30 bits per heavy atom. The molecule has 1 aromatic heterocycles. The van der Waals surface area contributed by atoms with Crippen molar-refractivity contribution in [3.63, 3.8) is 0 Å². The smallest absolute Gasteiger partial charge is 0.142 e. The number of hydrogen-bond acceptors (Lipinski definition) is 3. The fourth-order valence-electron chi connectivity index (χ4n) is 1.70. The minimum absolute atomic E-state index is 0.206. The number of rotatable bonds is 3. The number of halogens is 1. The highest BCUT2D eigenvalue weighted by Gasteiger charge is 2.03. The first-order valence-corrected chi connectivity index (χ1v) is 6.21. The maximum absolute atomic E-state index is 13.7. The van der Waals surface area contributed by atoms with Crippen LogP contribution in [0.2, 0.25) is 0 Å². The summed E-state index contributed by atoms with van der Waals surface area (Å²) in [7, 11) is 0. The van der Waals surface area contributed by atoms with Crippen molar-refractivity contribution < 1.29 is 9.13 Å². The van der Waals surface area contributed by atoms with Gasteiger partial charge in [-0.2, -0.15) is 0 Å². The number of nitrogens with two attached hydrogens (primary N) is 1. The van der Waals surface area contributed by atoms with Crippen molar-refractivity contribution in [1.82, 2.24) is 4.98 Å². The number of nitrogens with zero attached hydrogens (tertiary/aromatic N) is 1. The Balaban J connectivity index is 2.05. The first-order valence-electron chi connectivity index (χ1n) is 6.21. The van der Waals surface area contributed by atoms with Crippen molar-refractivity contribution in [2.75, 3.05) is 6.54 Å². The van der Waals surface area contributed by atoms with Gasteiger partial charge in [0, 0.05) is 24.0 Å². The van der Waals surface area contributed by atoms with Crippen molar-refractivity contribution >= 4 is 0 Å². The summed E-state index contributed by atoms with van der Waals surface area (Å²) >= 11 is 0. The van der Waals surface area contributed by atoms with Crippen molar-refractivity contribution in [3.05, 3.63) is 59.2 Å². The molecule has 0 aliphatic carbocycles. The first-order chi connectivity index (χ1) is 9.69. The molecular formula is C16H15FN2O. The van der Waals surface area contributed by atoms with E-state index in [1.165, 1.54) is 6.07 Å². The monoisotopic (exact) mass is 270 g/mol. The summed E-state index contributed by atoms with van der Waals surface area (Å²) in [6.07, 6.45) is 3.50. The molecule has 0 unspecified atom stereocenters. The average Bonchev–Trinajstić information content (AvgIpc) is 2.44. The third-order valence-corrected chi connectivity index (χ3v) is 2.60. The highest BCUT2D eigenvalue weighted by molar-refractivity contribution is 5.40. The van der Waals surface area contributed by atoms with Crippen LogP contribution in [-0.2, 0) is 6.61 Å². The van der Waals surface area contributed by atoms with Crippen LogP contribution in [0.4, 0.5) is 4.39 Å². The summed E-state index contributed by atoms with van der Waals surface area (Å²) in [6.45, 7) is 2.51. The Morgan fingerprint density at radius 3 is 2.85 bits per heavy atom. The second-order valence-corrected chi connectivity index (χ2v) is 4.31. The zero-order chi connectivity index (χ0) is 14.4. The molecule has 0 radical (unpaired) electrons. The average molecular weight is 270 g/mol.